The average molecular weight is 392 g/mol. The summed E-state index contributed by atoms with van der Waals surface area (Å²) in [5.41, 5.74) is 2.31. The summed E-state index contributed by atoms with van der Waals surface area (Å²) in [6, 6.07) is 9.85. The lowest BCUT2D eigenvalue weighted by atomic mass is 10.2. The number of benzene rings is 2. The number of hydrogen-bond donors (Lipinski definition) is 2. The first kappa shape index (κ1) is 19.8. The van der Waals surface area contributed by atoms with E-state index in [4.69, 9.17) is 11.6 Å². The minimum Gasteiger partial charge on any atom is -0.324 e. The first-order valence-corrected chi connectivity index (χ1v) is 7.92. The van der Waals surface area contributed by atoms with Crippen LogP contribution in [0.3, 0.4) is 0 Å². The summed E-state index contributed by atoms with van der Waals surface area (Å²) in [7, 11) is 0. The van der Waals surface area contributed by atoms with E-state index in [2.05, 4.69) is 15.8 Å². The fourth-order valence-corrected chi connectivity index (χ4v) is 2.25. The quantitative estimate of drug-likeness (QED) is 0.415. The van der Waals surface area contributed by atoms with Crippen molar-refractivity contribution in [2.75, 3.05) is 10.7 Å². The normalized spacial score (nSPS) is 11.0. The summed E-state index contributed by atoms with van der Waals surface area (Å²) in [5.74, 6) is -0.371. The van der Waals surface area contributed by atoms with Gasteiger partial charge in [-0.2, -0.15) is 5.10 Å². The lowest BCUT2D eigenvalue weighted by Crippen LogP contribution is -2.16. The summed E-state index contributed by atoms with van der Waals surface area (Å²) in [5, 5.41) is 28.7. The highest BCUT2D eigenvalue weighted by Crippen LogP contribution is 2.29. The number of amides is 1. The molecule has 0 aromatic heterocycles. The van der Waals surface area contributed by atoms with Gasteiger partial charge in [-0.1, -0.05) is 23.7 Å². The van der Waals surface area contributed by atoms with Gasteiger partial charge in [0.15, 0.2) is 0 Å². The molecular weight excluding hydrogens is 378 g/mol. The number of hydrazone groups is 1. The Hall–Kier alpha value is -3.53. The summed E-state index contributed by atoms with van der Waals surface area (Å²) >= 11 is 5.96. The minimum atomic E-state index is -0.760. The van der Waals surface area contributed by atoms with Crippen LogP contribution < -0.4 is 10.7 Å². The summed E-state index contributed by atoms with van der Waals surface area (Å²) in [4.78, 5) is 32.3. The molecule has 0 aliphatic heterocycles. The number of nitrogens with one attached hydrogen (secondary N) is 2. The number of nitrogens with zero attached hydrogens (tertiary/aromatic N) is 3. The molecule has 0 aliphatic rings. The van der Waals surface area contributed by atoms with Gasteiger partial charge in [0.25, 0.3) is 5.69 Å². The van der Waals surface area contributed by atoms with Crippen molar-refractivity contribution in [3.05, 3.63) is 67.7 Å². The van der Waals surface area contributed by atoms with Crippen LogP contribution in [-0.4, -0.2) is 21.5 Å². The van der Waals surface area contributed by atoms with E-state index in [1.54, 1.807) is 31.2 Å². The van der Waals surface area contributed by atoms with Gasteiger partial charge in [0.2, 0.25) is 5.91 Å². The SMILES string of the molecule is C/C(CC(=O)Nc1ccccc1Cl)=N\Nc1ccc([N+](=O)[O-])cc1[N+](=O)[O-]. The molecule has 1 amide bonds. The van der Waals surface area contributed by atoms with Crippen LogP contribution >= 0.6 is 11.6 Å². The van der Waals surface area contributed by atoms with E-state index >= 15 is 0 Å². The molecule has 11 heteroatoms. The monoisotopic (exact) mass is 391 g/mol. The second kappa shape index (κ2) is 8.72. The Morgan fingerprint density at radius 3 is 2.44 bits per heavy atom. The number of hydrogen-bond acceptors (Lipinski definition) is 7. The van der Waals surface area contributed by atoms with Gasteiger partial charge in [-0.3, -0.25) is 30.4 Å². The highest BCUT2D eigenvalue weighted by molar-refractivity contribution is 6.33. The number of nitro benzene ring substituents is 2. The van der Waals surface area contributed by atoms with E-state index in [1.165, 1.54) is 6.07 Å². The fraction of sp³-hybridized carbons (Fsp3) is 0.125. The van der Waals surface area contributed by atoms with Crippen LogP contribution in [0.1, 0.15) is 13.3 Å². The third-order valence-corrected chi connectivity index (χ3v) is 3.65. The number of nitro groups is 2. The van der Waals surface area contributed by atoms with Crippen molar-refractivity contribution in [3.63, 3.8) is 0 Å². The van der Waals surface area contributed by atoms with Gasteiger partial charge < -0.3 is 5.32 Å². The molecule has 0 spiro atoms. The van der Waals surface area contributed by atoms with Crippen LogP contribution in [0.25, 0.3) is 0 Å². The van der Waals surface area contributed by atoms with Crippen molar-refractivity contribution in [3.8, 4) is 0 Å². The Morgan fingerprint density at radius 1 is 1.11 bits per heavy atom. The zero-order chi connectivity index (χ0) is 20.0. The molecule has 0 fully saturated rings. The third-order valence-electron chi connectivity index (χ3n) is 3.32. The molecule has 0 saturated carbocycles. The molecule has 2 rings (SSSR count). The molecular formula is C16H14ClN5O5. The van der Waals surface area contributed by atoms with Crippen LogP contribution in [-0.2, 0) is 4.79 Å². The Bertz CT molecular complexity index is 931. The molecule has 140 valence electrons. The number of halogens is 1. The molecule has 2 N–H and O–H groups in total. The Kier molecular flexibility index (Phi) is 6.39. The third kappa shape index (κ3) is 5.47. The average Bonchev–Trinajstić information content (AvgIpc) is 2.61. The summed E-state index contributed by atoms with van der Waals surface area (Å²) < 4.78 is 0. The molecule has 0 atom stereocenters. The van der Waals surface area contributed by atoms with Crippen molar-refractivity contribution in [1.82, 2.24) is 0 Å². The number of para-hydroxylation sites is 1. The van der Waals surface area contributed by atoms with Gasteiger partial charge in [0.05, 0.1) is 33.0 Å². The standard InChI is InChI=1S/C16H14ClN5O5/c1-10(8-16(23)18-13-5-3-2-4-12(13)17)19-20-14-7-6-11(21(24)25)9-15(14)22(26)27/h2-7,9,20H,8H2,1H3,(H,18,23)/b19-10+. The van der Waals surface area contributed by atoms with Crippen LogP contribution in [0.4, 0.5) is 22.7 Å². The minimum absolute atomic E-state index is 0.0311. The maximum atomic E-state index is 12.0. The zero-order valence-corrected chi connectivity index (χ0v) is 14.8. The first-order chi connectivity index (χ1) is 12.8. The predicted molar refractivity (Wildman–Crippen MR) is 101 cm³/mol. The number of anilines is 2. The molecule has 0 unspecified atom stereocenters. The maximum absolute atomic E-state index is 12.0. The van der Waals surface area contributed by atoms with E-state index in [0.29, 0.717) is 16.4 Å². The fourth-order valence-electron chi connectivity index (χ4n) is 2.06. The molecule has 0 saturated heterocycles. The Morgan fingerprint density at radius 2 is 1.81 bits per heavy atom. The zero-order valence-electron chi connectivity index (χ0n) is 14.0. The molecule has 2 aromatic carbocycles. The first-order valence-electron chi connectivity index (χ1n) is 7.54. The van der Waals surface area contributed by atoms with E-state index in [9.17, 15) is 25.0 Å². The molecule has 0 radical (unpaired) electrons. The number of rotatable bonds is 7. The lowest BCUT2D eigenvalue weighted by molar-refractivity contribution is -0.393. The Labute approximate surface area is 158 Å². The largest absolute Gasteiger partial charge is 0.324 e. The Balaban J connectivity index is 2.06. The van der Waals surface area contributed by atoms with Crippen molar-refractivity contribution < 1.29 is 14.6 Å². The van der Waals surface area contributed by atoms with Crippen molar-refractivity contribution in [2.24, 2.45) is 5.10 Å². The van der Waals surface area contributed by atoms with Gasteiger partial charge >= 0.3 is 5.69 Å². The number of non-ortho nitro benzene ring substituents is 1. The maximum Gasteiger partial charge on any atom is 0.301 e. The van der Waals surface area contributed by atoms with E-state index in [1.807, 2.05) is 0 Å². The van der Waals surface area contributed by atoms with Crippen LogP contribution in [0.15, 0.2) is 47.6 Å². The second-order valence-corrected chi connectivity index (χ2v) is 5.79. The van der Waals surface area contributed by atoms with Gasteiger partial charge in [-0.15, -0.1) is 0 Å². The van der Waals surface area contributed by atoms with Gasteiger partial charge in [0.1, 0.15) is 5.69 Å². The van der Waals surface area contributed by atoms with Crippen molar-refractivity contribution >= 4 is 46.0 Å². The smallest absolute Gasteiger partial charge is 0.301 e. The highest BCUT2D eigenvalue weighted by Gasteiger charge is 2.19. The van der Waals surface area contributed by atoms with E-state index in [0.717, 1.165) is 12.1 Å². The highest BCUT2D eigenvalue weighted by atomic mass is 35.5. The molecule has 0 bridgehead atoms. The molecule has 27 heavy (non-hydrogen) atoms. The number of carbonyl (C=O) groups excluding carboxylic acids is 1. The molecule has 0 aliphatic carbocycles. The molecule has 10 nitrogen and oxygen atoms in total. The summed E-state index contributed by atoms with van der Waals surface area (Å²) in [6.07, 6.45) is -0.0843. The van der Waals surface area contributed by atoms with Crippen LogP contribution in [0.2, 0.25) is 5.02 Å². The lowest BCUT2D eigenvalue weighted by Gasteiger charge is -2.07. The van der Waals surface area contributed by atoms with Gasteiger partial charge in [0, 0.05) is 11.8 Å². The number of carbonyl (C=O) groups is 1. The summed E-state index contributed by atoms with van der Waals surface area (Å²) in [6.45, 7) is 1.55. The van der Waals surface area contributed by atoms with Crippen molar-refractivity contribution in [1.29, 1.82) is 0 Å². The predicted octanol–water partition coefficient (Wildman–Crippen LogP) is 3.97. The topological polar surface area (TPSA) is 140 Å². The van der Waals surface area contributed by atoms with Crippen molar-refractivity contribution in [2.45, 2.75) is 13.3 Å². The van der Waals surface area contributed by atoms with E-state index < -0.39 is 21.2 Å². The van der Waals surface area contributed by atoms with Crippen LogP contribution in [0.5, 0.6) is 0 Å². The molecule has 2 aromatic rings. The van der Waals surface area contributed by atoms with E-state index in [-0.39, 0.29) is 18.0 Å². The van der Waals surface area contributed by atoms with Gasteiger partial charge in [-0.05, 0) is 25.1 Å². The second-order valence-electron chi connectivity index (χ2n) is 5.38. The van der Waals surface area contributed by atoms with Gasteiger partial charge in [-0.25, -0.2) is 0 Å². The molecule has 0 heterocycles. The van der Waals surface area contributed by atoms with Crippen LogP contribution in [0, 0.1) is 20.2 Å².